The molecule has 0 aliphatic heterocycles. The van der Waals surface area contributed by atoms with Crippen LogP contribution in [0.1, 0.15) is 11.1 Å². The van der Waals surface area contributed by atoms with Crippen LogP contribution in [0.4, 0.5) is 0 Å². The van der Waals surface area contributed by atoms with Crippen molar-refractivity contribution in [1.82, 2.24) is 0 Å². The van der Waals surface area contributed by atoms with Gasteiger partial charge in [0.15, 0.2) is 28.8 Å². The maximum absolute atomic E-state index is 12.1. The maximum atomic E-state index is 12.1. The van der Waals surface area contributed by atoms with Crippen molar-refractivity contribution in [3.8, 4) is 23.0 Å². The Bertz CT molecular complexity index is 940. The minimum Gasteiger partial charge on any atom is -0.508 e. The first-order valence-corrected chi connectivity index (χ1v) is 8.75. The Hall–Kier alpha value is -3.67. The molecule has 0 aromatic heterocycles. The number of aliphatic hydroxyl groups excluding tert-OH is 1. The van der Waals surface area contributed by atoms with E-state index in [1.807, 2.05) is 6.07 Å². The molecule has 29 heavy (non-hydrogen) atoms. The Morgan fingerprint density at radius 1 is 0.724 bits per heavy atom. The lowest BCUT2D eigenvalue weighted by Gasteiger charge is -2.07. The van der Waals surface area contributed by atoms with Crippen LogP contribution in [-0.2, 0) is 4.79 Å². The van der Waals surface area contributed by atoms with E-state index in [1.165, 1.54) is 12.2 Å². The van der Waals surface area contributed by atoms with E-state index in [2.05, 4.69) is 0 Å². The second kappa shape index (κ2) is 10.6. The molecule has 0 amide bonds. The predicted octanol–water partition coefficient (Wildman–Crippen LogP) is 4.46. The smallest absolute Gasteiger partial charge is 0.182 e. The van der Waals surface area contributed by atoms with Gasteiger partial charge in [-0.05, 0) is 47.5 Å². The minimum absolute atomic E-state index is 0.165. The number of benzene rings is 2. The fourth-order valence-electron chi connectivity index (χ4n) is 2.51. The van der Waals surface area contributed by atoms with Gasteiger partial charge < -0.3 is 24.1 Å². The van der Waals surface area contributed by atoms with Gasteiger partial charge in [0, 0.05) is 6.08 Å². The molecular formula is C23H24O6. The summed E-state index contributed by atoms with van der Waals surface area (Å²) in [6, 6.07) is 10.6. The summed E-state index contributed by atoms with van der Waals surface area (Å²) in [6.07, 6.45) is 7.23. The predicted molar refractivity (Wildman–Crippen MR) is 113 cm³/mol. The number of ether oxygens (including phenoxy) is 4. The summed E-state index contributed by atoms with van der Waals surface area (Å²) < 4.78 is 20.8. The van der Waals surface area contributed by atoms with E-state index in [9.17, 15) is 9.90 Å². The normalized spacial score (nSPS) is 11.7. The fraction of sp³-hybridized carbons (Fsp3) is 0.174. The molecule has 0 radical (unpaired) electrons. The van der Waals surface area contributed by atoms with Gasteiger partial charge in [0.25, 0.3) is 0 Å². The van der Waals surface area contributed by atoms with Crippen LogP contribution in [0.15, 0.2) is 60.4 Å². The zero-order valence-corrected chi connectivity index (χ0v) is 16.8. The largest absolute Gasteiger partial charge is 0.508 e. The molecule has 0 saturated heterocycles. The third-order valence-electron chi connectivity index (χ3n) is 3.99. The molecule has 0 aliphatic carbocycles. The van der Waals surface area contributed by atoms with Crippen LogP contribution in [0.2, 0.25) is 0 Å². The van der Waals surface area contributed by atoms with E-state index in [0.29, 0.717) is 23.0 Å². The van der Waals surface area contributed by atoms with Crippen molar-refractivity contribution in [2.45, 2.75) is 0 Å². The summed E-state index contributed by atoms with van der Waals surface area (Å²) in [4.78, 5) is 12.1. The van der Waals surface area contributed by atoms with Crippen LogP contribution in [0.5, 0.6) is 23.0 Å². The molecule has 0 heterocycles. The highest BCUT2D eigenvalue weighted by atomic mass is 16.5. The first kappa shape index (κ1) is 21.6. The average Bonchev–Trinajstić information content (AvgIpc) is 2.75. The Balaban J connectivity index is 2.06. The van der Waals surface area contributed by atoms with E-state index in [4.69, 9.17) is 18.9 Å². The Kier molecular flexibility index (Phi) is 7.91. The monoisotopic (exact) mass is 396 g/mol. The molecule has 6 heteroatoms. The van der Waals surface area contributed by atoms with Crippen LogP contribution >= 0.6 is 0 Å². The highest BCUT2D eigenvalue weighted by Crippen LogP contribution is 2.29. The molecule has 2 aromatic rings. The third kappa shape index (κ3) is 6.17. The van der Waals surface area contributed by atoms with Crippen LogP contribution in [0.3, 0.4) is 0 Å². The number of carbonyl (C=O) groups excluding carboxylic acids is 1. The molecule has 2 rings (SSSR count). The molecule has 0 aliphatic rings. The van der Waals surface area contributed by atoms with Gasteiger partial charge in [-0.3, -0.25) is 4.79 Å². The van der Waals surface area contributed by atoms with E-state index in [1.54, 1.807) is 70.9 Å². The van der Waals surface area contributed by atoms with Gasteiger partial charge in [-0.25, -0.2) is 0 Å². The Morgan fingerprint density at radius 3 is 1.62 bits per heavy atom. The number of carbonyl (C=O) groups is 1. The zero-order valence-electron chi connectivity index (χ0n) is 16.8. The summed E-state index contributed by atoms with van der Waals surface area (Å²) in [6.45, 7) is 0. The molecule has 0 fully saturated rings. The quantitative estimate of drug-likeness (QED) is 0.383. The summed E-state index contributed by atoms with van der Waals surface area (Å²) in [7, 11) is 6.21. The molecule has 1 N–H and O–H groups in total. The fourth-order valence-corrected chi connectivity index (χ4v) is 2.51. The number of aliphatic hydroxyl groups is 1. The number of allylic oxidation sites excluding steroid dienone is 3. The van der Waals surface area contributed by atoms with Gasteiger partial charge in [-0.15, -0.1) is 0 Å². The summed E-state index contributed by atoms with van der Waals surface area (Å²) in [5.41, 5.74) is 1.56. The lowest BCUT2D eigenvalue weighted by atomic mass is 10.1. The van der Waals surface area contributed by atoms with Crippen molar-refractivity contribution in [2.75, 3.05) is 28.4 Å². The molecular weight excluding hydrogens is 372 g/mol. The van der Waals surface area contributed by atoms with E-state index >= 15 is 0 Å². The van der Waals surface area contributed by atoms with Crippen LogP contribution in [0.25, 0.3) is 12.2 Å². The van der Waals surface area contributed by atoms with Gasteiger partial charge in [0.05, 0.1) is 28.4 Å². The van der Waals surface area contributed by atoms with Crippen molar-refractivity contribution in [2.24, 2.45) is 0 Å². The van der Waals surface area contributed by atoms with Gasteiger partial charge in [0.1, 0.15) is 5.76 Å². The van der Waals surface area contributed by atoms with E-state index < -0.39 is 0 Å². The number of methoxy groups -OCH3 is 4. The Morgan fingerprint density at radius 2 is 1.17 bits per heavy atom. The van der Waals surface area contributed by atoms with Gasteiger partial charge >= 0.3 is 0 Å². The summed E-state index contributed by atoms with van der Waals surface area (Å²) in [5, 5.41) is 9.98. The van der Waals surface area contributed by atoms with Crippen LogP contribution < -0.4 is 18.9 Å². The number of hydrogen-bond acceptors (Lipinski definition) is 6. The molecule has 0 spiro atoms. The lowest BCUT2D eigenvalue weighted by molar-refractivity contribution is -0.110. The number of rotatable bonds is 9. The molecule has 152 valence electrons. The highest BCUT2D eigenvalue weighted by molar-refractivity contribution is 6.02. The number of ketones is 1. The summed E-state index contributed by atoms with van der Waals surface area (Å²) >= 11 is 0. The maximum Gasteiger partial charge on any atom is 0.182 e. The van der Waals surface area contributed by atoms with E-state index in [0.717, 1.165) is 17.2 Å². The topological polar surface area (TPSA) is 74.2 Å². The number of hydrogen-bond donors (Lipinski definition) is 1. The van der Waals surface area contributed by atoms with Crippen molar-refractivity contribution in [3.05, 3.63) is 71.5 Å². The summed E-state index contributed by atoms with van der Waals surface area (Å²) in [5.74, 6) is 1.84. The first-order chi connectivity index (χ1) is 14.0. The van der Waals surface area contributed by atoms with Gasteiger partial charge in [0.2, 0.25) is 0 Å². The molecule has 2 aromatic carbocycles. The SMILES string of the molecule is COc1ccc(/C=C/C(=O)C=C(O)/C=C/c2ccc(OC)c(OC)c2)cc1OC. The molecule has 0 bridgehead atoms. The van der Waals surface area contributed by atoms with Crippen molar-refractivity contribution < 1.29 is 28.8 Å². The zero-order chi connectivity index (χ0) is 21.2. The average molecular weight is 396 g/mol. The lowest BCUT2D eigenvalue weighted by Crippen LogP contribution is -1.91. The highest BCUT2D eigenvalue weighted by Gasteiger charge is 2.04. The van der Waals surface area contributed by atoms with Crippen molar-refractivity contribution in [3.63, 3.8) is 0 Å². The second-order valence-electron chi connectivity index (χ2n) is 5.87. The molecule has 0 unspecified atom stereocenters. The molecule has 6 nitrogen and oxygen atoms in total. The van der Waals surface area contributed by atoms with Crippen LogP contribution in [0, 0.1) is 0 Å². The van der Waals surface area contributed by atoms with Gasteiger partial charge in [-0.2, -0.15) is 0 Å². The molecule has 0 saturated carbocycles. The van der Waals surface area contributed by atoms with Gasteiger partial charge in [-0.1, -0.05) is 24.3 Å². The van der Waals surface area contributed by atoms with Crippen molar-refractivity contribution >= 4 is 17.9 Å². The standard InChI is InChI=1S/C23H24O6/c1-26-20-11-7-16(13-22(20)28-3)5-9-18(24)15-19(25)10-6-17-8-12-21(27-2)23(14-17)29-4/h5-15,24H,1-4H3/b9-5+,10-6+,18-15?. The first-order valence-electron chi connectivity index (χ1n) is 8.75. The molecule has 0 atom stereocenters. The second-order valence-corrected chi connectivity index (χ2v) is 5.87. The minimum atomic E-state index is -0.353. The third-order valence-corrected chi connectivity index (χ3v) is 3.99. The van der Waals surface area contributed by atoms with Crippen LogP contribution in [-0.4, -0.2) is 39.3 Å². The van der Waals surface area contributed by atoms with E-state index in [-0.39, 0.29) is 11.5 Å². The Labute approximate surface area is 170 Å². The van der Waals surface area contributed by atoms with Crippen molar-refractivity contribution in [1.29, 1.82) is 0 Å².